The van der Waals surface area contributed by atoms with Crippen molar-refractivity contribution in [2.75, 3.05) is 14.2 Å². The summed E-state index contributed by atoms with van der Waals surface area (Å²) in [5.74, 6) is 0.335. The van der Waals surface area contributed by atoms with Gasteiger partial charge in [0.1, 0.15) is 19.5 Å². The molecular weight excluding hydrogens is 294 g/mol. The standard InChI is InChI=1S/C18H21NO4/c1-13-8-4-7-11-16(13)23-12-14-9-5-6-10-15(14)17(19-22-3)18(20)21-2/h5-7,9-11H,4,8,12H2,1-3H3/b19-17+. The molecule has 0 bridgehead atoms. The van der Waals surface area contributed by atoms with Crippen molar-refractivity contribution in [2.45, 2.75) is 26.4 Å². The molecule has 5 nitrogen and oxygen atoms in total. The van der Waals surface area contributed by atoms with Crippen LogP contribution in [-0.4, -0.2) is 25.9 Å². The second-order valence-corrected chi connectivity index (χ2v) is 5.15. The van der Waals surface area contributed by atoms with Crippen LogP contribution in [0.5, 0.6) is 0 Å². The number of rotatable bonds is 6. The second kappa shape index (κ2) is 8.17. The molecule has 0 aromatic heterocycles. The van der Waals surface area contributed by atoms with E-state index in [1.54, 1.807) is 6.07 Å². The van der Waals surface area contributed by atoms with Crippen LogP contribution in [-0.2, 0) is 25.7 Å². The zero-order valence-electron chi connectivity index (χ0n) is 13.7. The molecule has 0 radical (unpaired) electrons. The molecule has 23 heavy (non-hydrogen) atoms. The van der Waals surface area contributed by atoms with Crippen molar-refractivity contribution in [1.82, 2.24) is 0 Å². The van der Waals surface area contributed by atoms with Crippen LogP contribution >= 0.6 is 0 Å². The fourth-order valence-electron chi connectivity index (χ4n) is 2.34. The maximum Gasteiger partial charge on any atom is 0.360 e. The van der Waals surface area contributed by atoms with Gasteiger partial charge in [0.15, 0.2) is 5.71 Å². The minimum Gasteiger partial charge on any atom is -0.489 e. The summed E-state index contributed by atoms with van der Waals surface area (Å²) in [6.07, 6.45) is 6.14. The molecule has 122 valence electrons. The molecule has 5 heteroatoms. The first kappa shape index (κ1) is 16.8. The topological polar surface area (TPSA) is 57.1 Å². The average molecular weight is 315 g/mol. The van der Waals surface area contributed by atoms with Crippen LogP contribution in [0.1, 0.15) is 30.9 Å². The van der Waals surface area contributed by atoms with Crippen LogP contribution in [0.25, 0.3) is 0 Å². The summed E-state index contributed by atoms with van der Waals surface area (Å²) < 4.78 is 10.7. The maximum atomic E-state index is 11.9. The quantitative estimate of drug-likeness (QED) is 0.459. The number of oxime groups is 1. The van der Waals surface area contributed by atoms with Gasteiger partial charge in [0.05, 0.1) is 7.11 Å². The lowest BCUT2D eigenvalue weighted by molar-refractivity contribution is -0.132. The highest BCUT2D eigenvalue weighted by atomic mass is 16.6. The van der Waals surface area contributed by atoms with Gasteiger partial charge in [-0.3, -0.25) is 0 Å². The van der Waals surface area contributed by atoms with E-state index in [9.17, 15) is 4.79 Å². The van der Waals surface area contributed by atoms with E-state index < -0.39 is 5.97 Å². The number of hydrogen-bond acceptors (Lipinski definition) is 5. The Morgan fingerprint density at radius 3 is 2.74 bits per heavy atom. The van der Waals surface area contributed by atoms with E-state index in [1.165, 1.54) is 19.8 Å². The Labute approximate surface area is 136 Å². The Hall–Kier alpha value is -2.56. The number of esters is 1. The van der Waals surface area contributed by atoms with Gasteiger partial charge in [-0.1, -0.05) is 35.5 Å². The lowest BCUT2D eigenvalue weighted by atomic mass is 10.0. The number of hydrogen-bond donors (Lipinski definition) is 0. The van der Waals surface area contributed by atoms with E-state index >= 15 is 0 Å². The first-order valence-corrected chi connectivity index (χ1v) is 7.44. The number of carbonyl (C=O) groups excluding carboxylic acids is 1. The molecule has 0 amide bonds. The zero-order chi connectivity index (χ0) is 16.7. The van der Waals surface area contributed by atoms with Gasteiger partial charge in [0, 0.05) is 5.56 Å². The molecule has 0 N–H and O–H groups in total. The first-order valence-electron chi connectivity index (χ1n) is 7.44. The summed E-state index contributed by atoms with van der Waals surface area (Å²) in [5, 5.41) is 3.80. The van der Waals surface area contributed by atoms with E-state index in [-0.39, 0.29) is 5.71 Å². The molecule has 0 heterocycles. The summed E-state index contributed by atoms with van der Waals surface area (Å²) in [7, 11) is 2.71. The van der Waals surface area contributed by atoms with Gasteiger partial charge in [-0.15, -0.1) is 0 Å². The van der Waals surface area contributed by atoms with E-state index in [0.717, 1.165) is 24.2 Å². The van der Waals surface area contributed by atoms with Gasteiger partial charge in [-0.25, -0.2) is 4.79 Å². The maximum absolute atomic E-state index is 11.9. The molecule has 1 aliphatic carbocycles. The largest absolute Gasteiger partial charge is 0.489 e. The summed E-state index contributed by atoms with van der Waals surface area (Å²) in [6, 6.07) is 7.41. The number of ether oxygens (including phenoxy) is 2. The van der Waals surface area contributed by atoms with Crippen LogP contribution in [0.3, 0.4) is 0 Å². The SMILES string of the molecule is CO/N=C(/C(=O)OC)c1ccccc1COC1=C(C)CCC=C1. The van der Waals surface area contributed by atoms with Gasteiger partial charge < -0.3 is 14.3 Å². The molecular formula is C18H21NO4. The molecule has 0 saturated carbocycles. The van der Waals surface area contributed by atoms with Crippen molar-refractivity contribution < 1.29 is 19.1 Å². The first-order chi connectivity index (χ1) is 11.2. The van der Waals surface area contributed by atoms with E-state index in [0.29, 0.717) is 12.2 Å². The monoisotopic (exact) mass is 315 g/mol. The Morgan fingerprint density at radius 1 is 1.26 bits per heavy atom. The van der Waals surface area contributed by atoms with Crippen molar-refractivity contribution in [3.8, 4) is 0 Å². The third kappa shape index (κ3) is 4.22. The van der Waals surface area contributed by atoms with Crippen LogP contribution in [0.15, 0.2) is 52.9 Å². The normalized spacial score (nSPS) is 14.7. The van der Waals surface area contributed by atoms with Crippen LogP contribution in [0, 0.1) is 0 Å². The number of benzene rings is 1. The van der Waals surface area contributed by atoms with Crippen molar-refractivity contribution in [3.63, 3.8) is 0 Å². The molecule has 2 rings (SSSR count). The molecule has 0 aliphatic heterocycles. The molecule has 0 saturated heterocycles. The number of methoxy groups -OCH3 is 1. The molecule has 1 aliphatic rings. The second-order valence-electron chi connectivity index (χ2n) is 5.15. The Morgan fingerprint density at radius 2 is 2.04 bits per heavy atom. The highest BCUT2D eigenvalue weighted by Gasteiger charge is 2.19. The average Bonchev–Trinajstić information content (AvgIpc) is 2.59. The van der Waals surface area contributed by atoms with Crippen molar-refractivity contribution in [2.24, 2.45) is 5.16 Å². The lowest BCUT2D eigenvalue weighted by Crippen LogP contribution is -2.19. The summed E-state index contributed by atoms with van der Waals surface area (Å²) in [4.78, 5) is 16.7. The van der Waals surface area contributed by atoms with Crippen molar-refractivity contribution >= 4 is 11.7 Å². The van der Waals surface area contributed by atoms with Crippen molar-refractivity contribution in [1.29, 1.82) is 0 Å². The van der Waals surface area contributed by atoms with Gasteiger partial charge in [-0.2, -0.15) is 0 Å². The summed E-state index contributed by atoms with van der Waals surface area (Å²) in [6.45, 7) is 2.41. The smallest absolute Gasteiger partial charge is 0.360 e. The molecule has 0 spiro atoms. The Bertz CT molecular complexity index is 659. The fraction of sp³-hybridized carbons (Fsp3) is 0.333. The molecule has 0 unspecified atom stereocenters. The molecule has 0 fully saturated rings. The lowest BCUT2D eigenvalue weighted by Gasteiger charge is -2.16. The fourth-order valence-corrected chi connectivity index (χ4v) is 2.34. The minimum atomic E-state index is -0.549. The zero-order valence-corrected chi connectivity index (χ0v) is 13.7. The van der Waals surface area contributed by atoms with Crippen LogP contribution < -0.4 is 0 Å². The summed E-state index contributed by atoms with van der Waals surface area (Å²) in [5.41, 5.74) is 2.83. The van der Waals surface area contributed by atoms with Gasteiger partial charge in [0.2, 0.25) is 0 Å². The molecule has 1 aromatic carbocycles. The summed E-state index contributed by atoms with van der Waals surface area (Å²) >= 11 is 0. The molecule has 0 atom stereocenters. The van der Waals surface area contributed by atoms with E-state index in [2.05, 4.69) is 18.2 Å². The predicted molar refractivity (Wildman–Crippen MR) is 87.9 cm³/mol. The van der Waals surface area contributed by atoms with Crippen molar-refractivity contribution in [3.05, 3.63) is 58.9 Å². The number of carbonyl (C=O) groups is 1. The van der Waals surface area contributed by atoms with Gasteiger partial charge >= 0.3 is 5.97 Å². The Balaban J connectivity index is 2.25. The third-order valence-electron chi connectivity index (χ3n) is 3.59. The van der Waals surface area contributed by atoms with Crippen LogP contribution in [0.2, 0.25) is 0 Å². The van der Waals surface area contributed by atoms with Crippen LogP contribution in [0.4, 0.5) is 0 Å². The third-order valence-corrected chi connectivity index (χ3v) is 3.59. The minimum absolute atomic E-state index is 0.124. The predicted octanol–water partition coefficient (Wildman–Crippen LogP) is 3.35. The Kier molecular flexibility index (Phi) is 5.97. The number of nitrogens with zero attached hydrogens (tertiary/aromatic N) is 1. The van der Waals surface area contributed by atoms with E-state index in [1.807, 2.05) is 24.3 Å². The number of allylic oxidation sites excluding steroid dienone is 3. The highest BCUT2D eigenvalue weighted by molar-refractivity contribution is 6.43. The highest BCUT2D eigenvalue weighted by Crippen LogP contribution is 2.21. The van der Waals surface area contributed by atoms with E-state index in [4.69, 9.17) is 14.3 Å². The van der Waals surface area contributed by atoms with Gasteiger partial charge in [-0.05, 0) is 37.0 Å². The molecule has 1 aromatic rings. The van der Waals surface area contributed by atoms with Gasteiger partial charge in [0.25, 0.3) is 0 Å².